The molecule has 156 valence electrons. The number of carbonyl (C=O) groups excluding carboxylic acids is 3. The normalized spacial score (nSPS) is 19.7. The molecule has 0 radical (unpaired) electrons. The summed E-state index contributed by atoms with van der Waals surface area (Å²) in [5, 5.41) is 15.0. The predicted molar refractivity (Wildman–Crippen MR) is 106 cm³/mol. The van der Waals surface area contributed by atoms with Gasteiger partial charge in [-0.2, -0.15) is 0 Å². The zero-order chi connectivity index (χ0) is 21.0. The molecule has 3 N–H and O–H groups in total. The van der Waals surface area contributed by atoms with E-state index in [1.807, 2.05) is 0 Å². The van der Waals surface area contributed by atoms with Crippen molar-refractivity contribution in [3.8, 4) is 0 Å². The van der Waals surface area contributed by atoms with Crippen molar-refractivity contribution < 1.29 is 24.3 Å². The first-order valence-corrected chi connectivity index (χ1v) is 10.2. The van der Waals surface area contributed by atoms with E-state index in [2.05, 4.69) is 17.6 Å². The van der Waals surface area contributed by atoms with Crippen LogP contribution in [0.2, 0.25) is 0 Å². The number of benzene rings is 1. The lowest BCUT2D eigenvalue weighted by Crippen LogP contribution is -2.52. The van der Waals surface area contributed by atoms with Crippen LogP contribution >= 0.6 is 0 Å². The maximum absolute atomic E-state index is 12.9. The Kier molecular flexibility index (Phi) is 6.51. The van der Waals surface area contributed by atoms with Gasteiger partial charge in [0.05, 0.1) is 0 Å². The lowest BCUT2D eigenvalue weighted by Gasteiger charge is -2.29. The fourth-order valence-corrected chi connectivity index (χ4v) is 3.94. The number of fused-ring (bicyclic) bond motifs is 1. The molecule has 2 unspecified atom stereocenters. The van der Waals surface area contributed by atoms with Crippen molar-refractivity contribution >= 4 is 29.4 Å². The first kappa shape index (κ1) is 20.8. The molecular formula is C21H27N3O5. The molecule has 29 heavy (non-hydrogen) atoms. The number of piperidine rings is 1. The van der Waals surface area contributed by atoms with Gasteiger partial charge in [0.2, 0.25) is 11.8 Å². The molecule has 3 amide bonds. The van der Waals surface area contributed by atoms with Gasteiger partial charge < -0.3 is 15.3 Å². The number of carboxylic acids is 1. The van der Waals surface area contributed by atoms with Crippen molar-refractivity contribution in [3.63, 3.8) is 0 Å². The zero-order valence-corrected chi connectivity index (χ0v) is 16.6. The second-order valence-corrected chi connectivity index (χ2v) is 7.62. The van der Waals surface area contributed by atoms with Crippen LogP contribution in [0.1, 0.15) is 67.8 Å². The third kappa shape index (κ3) is 4.58. The van der Waals surface area contributed by atoms with Crippen LogP contribution in [0.3, 0.4) is 0 Å². The first-order chi connectivity index (χ1) is 13.9. The minimum Gasteiger partial charge on any atom is -0.480 e. The SMILES string of the molecule is CCCCCCC(Nc1cccc2c1CN(C1CCC(=O)NC1=O)C2=O)C(=O)O. The highest BCUT2D eigenvalue weighted by atomic mass is 16.4. The Hall–Kier alpha value is -2.90. The number of nitrogens with zero attached hydrogens (tertiary/aromatic N) is 1. The van der Waals surface area contributed by atoms with Gasteiger partial charge in [0.1, 0.15) is 12.1 Å². The smallest absolute Gasteiger partial charge is 0.326 e. The van der Waals surface area contributed by atoms with Crippen molar-refractivity contribution in [2.75, 3.05) is 5.32 Å². The molecule has 2 heterocycles. The topological polar surface area (TPSA) is 116 Å². The van der Waals surface area contributed by atoms with Crippen LogP contribution in [0.25, 0.3) is 0 Å². The molecule has 2 aliphatic rings. The molecule has 2 atom stereocenters. The van der Waals surface area contributed by atoms with Crippen LogP contribution in [0, 0.1) is 0 Å². The van der Waals surface area contributed by atoms with Gasteiger partial charge >= 0.3 is 5.97 Å². The number of unbranched alkanes of at least 4 members (excludes halogenated alkanes) is 3. The molecule has 0 bridgehead atoms. The van der Waals surface area contributed by atoms with Crippen LogP contribution in [0.4, 0.5) is 5.69 Å². The van der Waals surface area contributed by atoms with E-state index >= 15 is 0 Å². The monoisotopic (exact) mass is 401 g/mol. The Balaban J connectivity index is 1.75. The largest absolute Gasteiger partial charge is 0.480 e. The van der Waals surface area contributed by atoms with Crippen LogP contribution in [0.5, 0.6) is 0 Å². The molecule has 0 saturated carbocycles. The number of hydrogen-bond donors (Lipinski definition) is 3. The summed E-state index contributed by atoms with van der Waals surface area (Å²) in [5.74, 6) is -1.99. The average molecular weight is 401 g/mol. The van der Waals surface area contributed by atoms with Gasteiger partial charge in [0.15, 0.2) is 0 Å². The number of hydrogen-bond acceptors (Lipinski definition) is 5. The van der Waals surface area contributed by atoms with E-state index in [4.69, 9.17) is 0 Å². The highest BCUT2D eigenvalue weighted by molar-refractivity contribution is 6.06. The highest BCUT2D eigenvalue weighted by Crippen LogP contribution is 2.32. The summed E-state index contributed by atoms with van der Waals surface area (Å²) in [7, 11) is 0. The second kappa shape index (κ2) is 9.07. The molecule has 0 spiro atoms. The zero-order valence-electron chi connectivity index (χ0n) is 16.6. The second-order valence-electron chi connectivity index (χ2n) is 7.62. The third-order valence-electron chi connectivity index (χ3n) is 5.56. The molecule has 1 fully saturated rings. The summed E-state index contributed by atoms with van der Waals surface area (Å²) >= 11 is 0. The number of amides is 3. The molecule has 8 heteroatoms. The van der Waals surface area contributed by atoms with E-state index in [-0.39, 0.29) is 24.8 Å². The quantitative estimate of drug-likeness (QED) is 0.432. The van der Waals surface area contributed by atoms with E-state index < -0.39 is 24.0 Å². The van der Waals surface area contributed by atoms with Crippen LogP contribution in [-0.2, 0) is 20.9 Å². The number of anilines is 1. The van der Waals surface area contributed by atoms with Gasteiger partial charge in [0, 0.05) is 29.8 Å². The fourth-order valence-electron chi connectivity index (χ4n) is 3.94. The summed E-state index contributed by atoms with van der Waals surface area (Å²) in [6, 6.07) is 3.74. The maximum Gasteiger partial charge on any atom is 0.326 e. The molecule has 2 aliphatic heterocycles. The Morgan fingerprint density at radius 3 is 2.76 bits per heavy atom. The van der Waals surface area contributed by atoms with Crippen molar-refractivity contribution in [1.82, 2.24) is 10.2 Å². The van der Waals surface area contributed by atoms with E-state index in [1.165, 1.54) is 4.90 Å². The van der Waals surface area contributed by atoms with Crippen molar-refractivity contribution in [1.29, 1.82) is 0 Å². The van der Waals surface area contributed by atoms with E-state index in [0.29, 0.717) is 29.7 Å². The number of aliphatic carboxylic acids is 1. The van der Waals surface area contributed by atoms with Crippen molar-refractivity contribution in [2.24, 2.45) is 0 Å². The Labute approximate surface area is 169 Å². The number of carboxylic acid groups (broad SMARTS) is 1. The van der Waals surface area contributed by atoms with Gasteiger partial charge in [-0.05, 0) is 25.0 Å². The molecular weight excluding hydrogens is 374 g/mol. The molecule has 3 rings (SSSR count). The van der Waals surface area contributed by atoms with E-state index in [9.17, 15) is 24.3 Å². The van der Waals surface area contributed by atoms with Gasteiger partial charge in [0.25, 0.3) is 5.91 Å². The van der Waals surface area contributed by atoms with Crippen LogP contribution in [-0.4, -0.2) is 45.8 Å². The average Bonchev–Trinajstić information content (AvgIpc) is 3.01. The highest BCUT2D eigenvalue weighted by Gasteiger charge is 2.40. The Morgan fingerprint density at radius 1 is 1.28 bits per heavy atom. The van der Waals surface area contributed by atoms with Gasteiger partial charge in [-0.1, -0.05) is 38.7 Å². The van der Waals surface area contributed by atoms with Gasteiger partial charge in [-0.25, -0.2) is 4.79 Å². The molecule has 1 saturated heterocycles. The summed E-state index contributed by atoms with van der Waals surface area (Å²) < 4.78 is 0. The van der Waals surface area contributed by atoms with Crippen LogP contribution < -0.4 is 10.6 Å². The number of nitrogens with one attached hydrogen (secondary N) is 2. The van der Waals surface area contributed by atoms with E-state index in [0.717, 1.165) is 25.7 Å². The minimum atomic E-state index is -0.926. The molecule has 8 nitrogen and oxygen atoms in total. The molecule has 1 aromatic rings. The van der Waals surface area contributed by atoms with Crippen molar-refractivity contribution in [2.45, 2.75) is 70.5 Å². The van der Waals surface area contributed by atoms with Crippen LogP contribution in [0.15, 0.2) is 18.2 Å². The number of rotatable bonds is 9. The van der Waals surface area contributed by atoms with E-state index in [1.54, 1.807) is 18.2 Å². The number of imide groups is 1. The lowest BCUT2D eigenvalue weighted by atomic mass is 10.0. The number of carbonyl (C=O) groups is 4. The summed E-state index contributed by atoms with van der Waals surface area (Å²) in [6.07, 6.45) is 4.94. The summed E-state index contributed by atoms with van der Waals surface area (Å²) in [4.78, 5) is 49.6. The standard InChI is InChI=1S/C21H27N3O5/c1-2-3-4-5-8-16(21(28)29)22-15-9-6-7-13-14(15)12-24(20(13)27)17-10-11-18(25)23-19(17)26/h6-7,9,16-17,22H,2-5,8,10-12H2,1H3,(H,28,29)(H,23,25,26). The molecule has 1 aromatic carbocycles. The van der Waals surface area contributed by atoms with Gasteiger partial charge in [-0.3, -0.25) is 19.7 Å². The van der Waals surface area contributed by atoms with Gasteiger partial charge in [-0.15, -0.1) is 0 Å². The Morgan fingerprint density at radius 2 is 2.07 bits per heavy atom. The summed E-state index contributed by atoms with van der Waals surface area (Å²) in [6.45, 7) is 2.32. The lowest BCUT2D eigenvalue weighted by molar-refractivity contribution is -0.138. The Bertz CT molecular complexity index is 823. The van der Waals surface area contributed by atoms with Crippen molar-refractivity contribution in [3.05, 3.63) is 29.3 Å². The maximum atomic E-state index is 12.9. The fraction of sp³-hybridized carbons (Fsp3) is 0.524. The molecule has 0 aliphatic carbocycles. The summed E-state index contributed by atoms with van der Waals surface area (Å²) in [5.41, 5.74) is 1.77. The molecule has 0 aromatic heterocycles. The predicted octanol–water partition coefficient (Wildman–Crippen LogP) is 2.28. The first-order valence-electron chi connectivity index (χ1n) is 10.2. The minimum absolute atomic E-state index is 0.195. The third-order valence-corrected chi connectivity index (χ3v) is 5.56.